The predicted molar refractivity (Wildman–Crippen MR) is 59.8 cm³/mol. The van der Waals surface area contributed by atoms with Crippen LogP contribution in [-0.4, -0.2) is 55.3 Å². The number of hydrogen-bond donors (Lipinski definition) is 2. The molecule has 28 heavy (non-hydrogen) atoms. The summed E-state index contributed by atoms with van der Waals surface area (Å²) in [5, 5.41) is 18.1. The van der Waals surface area contributed by atoms with Gasteiger partial charge in [0.1, 0.15) is 0 Å². The second kappa shape index (κ2) is 6.95. The average molecular weight is 484 g/mol. The van der Waals surface area contributed by atoms with E-state index in [1.165, 1.54) is 0 Å². The fraction of sp³-hybridized carbons (Fsp3) is 0.727. The zero-order valence-electron chi connectivity index (χ0n) is 12.7. The zero-order valence-corrected chi connectivity index (χ0v) is 13.9. The van der Waals surface area contributed by atoms with E-state index in [-0.39, 0.29) is 21.5 Å². The summed E-state index contributed by atoms with van der Waals surface area (Å²) in [4.78, 5) is 0. The first-order valence-corrected chi connectivity index (χ1v) is 7.08. The van der Waals surface area contributed by atoms with Crippen LogP contribution >= 0.6 is 0 Å². The monoisotopic (exact) mass is 484 g/mol. The van der Waals surface area contributed by atoms with E-state index in [0.29, 0.717) is 0 Å². The summed E-state index contributed by atoms with van der Waals surface area (Å²) in [5.41, 5.74) is -10.7. The Balaban J connectivity index is 3.39. The van der Waals surface area contributed by atoms with Gasteiger partial charge in [-0.3, -0.25) is 0 Å². The van der Waals surface area contributed by atoms with Gasteiger partial charge in [-0.25, -0.2) is 0 Å². The summed E-state index contributed by atoms with van der Waals surface area (Å²) in [7, 11) is 0. The second-order valence-corrected chi connectivity index (χ2v) is 6.02. The van der Waals surface area contributed by atoms with Gasteiger partial charge < -0.3 is 0 Å². The van der Waals surface area contributed by atoms with Crippen LogP contribution in [0, 0.1) is 4.32 Å². The molecule has 0 aliphatic heterocycles. The number of hydrogen-bond acceptors (Lipinski definition) is 2. The molecule has 1 aromatic rings. The van der Waals surface area contributed by atoms with Crippen molar-refractivity contribution in [2.75, 3.05) is 0 Å². The van der Waals surface area contributed by atoms with E-state index in [2.05, 4.69) is 15.6 Å². The van der Waals surface area contributed by atoms with Gasteiger partial charge in [0.2, 0.25) is 0 Å². The molecule has 2 N–H and O–H groups in total. The molecule has 0 aliphatic rings. The van der Waals surface area contributed by atoms with E-state index in [1.54, 1.807) is 0 Å². The minimum absolute atomic E-state index is 0.159. The van der Waals surface area contributed by atoms with Crippen LogP contribution in [0.4, 0.5) is 52.7 Å². The van der Waals surface area contributed by atoms with Crippen LogP contribution < -0.4 is 0 Å². The summed E-state index contributed by atoms with van der Waals surface area (Å²) < 4.78 is 150. The van der Waals surface area contributed by atoms with E-state index < -0.39 is 53.3 Å². The molecular weight excluding hydrogens is 476 g/mol. The molecule has 0 aromatic carbocycles. The molecule has 0 fully saturated rings. The van der Waals surface area contributed by atoms with E-state index in [9.17, 15) is 52.7 Å². The third kappa shape index (κ3) is 4.21. The Hall–Kier alpha value is -1.19. The van der Waals surface area contributed by atoms with Crippen molar-refractivity contribution in [2.24, 2.45) is 0 Å². The molecule has 0 unspecified atom stereocenters. The summed E-state index contributed by atoms with van der Waals surface area (Å²) in [5.74, 6) is 0. The van der Waals surface area contributed by atoms with Crippen LogP contribution in [0.15, 0.2) is 12.4 Å². The molecule has 0 amide bonds. The maximum atomic E-state index is 12.7. The van der Waals surface area contributed by atoms with E-state index in [4.69, 9.17) is 10.2 Å². The molecule has 0 aliphatic carbocycles. The molecule has 0 radical (unpaired) electrons. The molecule has 4 nitrogen and oxygen atoms in total. The number of aromatic nitrogens is 2. The summed E-state index contributed by atoms with van der Waals surface area (Å²) in [6.45, 7) is -4.72. The molecule has 0 atom stereocenters. The maximum absolute atomic E-state index is 12.7. The van der Waals surface area contributed by atoms with Gasteiger partial charge in [-0.1, -0.05) is 0 Å². The van der Waals surface area contributed by atoms with Crippen LogP contribution in [0.2, 0.25) is 0 Å². The van der Waals surface area contributed by atoms with Crippen LogP contribution in [0.5, 0.6) is 0 Å². The number of aliphatic hydroxyl groups is 2. The van der Waals surface area contributed by atoms with Gasteiger partial charge in [0.15, 0.2) is 0 Å². The molecule has 1 aromatic heterocycles. The molecule has 1 rings (SSSR count). The van der Waals surface area contributed by atoms with Crippen molar-refractivity contribution in [3.63, 3.8) is 0 Å². The minimum atomic E-state index is -6.29. The third-order valence-corrected chi connectivity index (χ3v) is 4.19. The fourth-order valence-corrected chi connectivity index (χ4v) is 2.19. The Labute approximate surface area is 154 Å². The van der Waals surface area contributed by atoms with Crippen LogP contribution in [-0.2, 0) is 28.7 Å². The second-order valence-electron chi connectivity index (χ2n) is 5.52. The third-order valence-electron chi connectivity index (χ3n) is 3.56. The fourth-order valence-electron chi connectivity index (χ4n) is 1.85. The Morgan fingerprint density at radius 1 is 0.607 bits per heavy atom. The standard InChI is InChI=1S/C11H8F12N2O2.Fe/c12-8(13,14)6(26,9(15,16)17)3-24-1-2-25(5-24)4-7(27,10(18,19)20)11(21,22)23;/h1-2,26-27H,3-4H2;. The molecule has 166 valence electrons. The van der Waals surface area contributed by atoms with Gasteiger partial charge in [0.25, 0.3) is 0 Å². The van der Waals surface area contributed by atoms with Crippen LogP contribution in [0.3, 0.4) is 0 Å². The molecule has 0 saturated heterocycles. The van der Waals surface area contributed by atoms with Crippen molar-refractivity contribution in [3.8, 4) is 0 Å². The predicted octanol–water partition coefficient (Wildman–Crippen LogP) is 3.08. The molecule has 1 heterocycles. The molecular formula is C11H8F12FeN2O2. The number of rotatable bonds is 4. The zero-order chi connectivity index (χ0) is 22.6. The summed E-state index contributed by atoms with van der Waals surface area (Å²) >= 11 is 2.81. The quantitative estimate of drug-likeness (QED) is 0.511. The van der Waals surface area contributed by atoms with Crippen LogP contribution in [0.25, 0.3) is 0 Å². The van der Waals surface area contributed by atoms with Gasteiger partial charge in [-0.2, -0.15) is 0 Å². The number of alkyl halides is 12. The summed E-state index contributed by atoms with van der Waals surface area (Å²) in [6, 6.07) is 0. The van der Waals surface area contributed by atoms with E-state index in [0.717, 1.165) is 0 Å². The van der Waals surface area contributed by atoms with E-state index >= 15 is 0 Å². The van der Waals surface area contributed by atoms with Crippen molar-refractivity contribution >= 4 is 0 Å². The van der Waals surface area contributed by atoms with Crippen LogP contribution in [0.1, 0.15) is 0 Å². The molecule has 0 saturated carbocycles. The molecule has 0 bridgehead atoms. The molecule has 0 spiro atoms. The first-order chi connectivity index (χ1) is 12.1. The number of nitrogens with zero attached hydrogens (tertiary/aromatic N) is 2. The van der Waals surface area contributed by atoms with Gasteiger partial charge in [0, 0.05) is 0 Å². The van der Waals surface area contributed by atoms with Crippen molar-refractivity contribution in [3.05, 3.63) is 16.7 Å². The SMILES string of the molecule is OC(Cn1ccn(CC(O)(C(F)(F)F)C(F)(F)F)[c]1=[Fe])(C(F)(F)F)C(F)(F)F. The van der Waals surface area contributed by atoms with Crippen molar-refractivity contribution in [1.29, 1.82) is 0 Å². The normalized spacial score (nSPS) is 15.2. The average Bonchev–Trinajstić information content (AvgIpc) is 2.75. The number of halogens is 12. The van der Waals surface area contributed by atoms with E-state index in [1.807, 2.05) is 0 Å². The molecule has 17 heteroatoms. The van der Waals surface area contributed by atoms with Crippen molar-refractivity contribution in [1.82, 2.24) is 9.13 Å². The van der Waals surface area contributed by atoms with Crippen molar-refractivity contribution in [2.45, 2.75) is 49.0 Å². The van der Waals surface area contributed by atoms with Gasteiger partial charge in [0.05, 0.1) is 0 Å². The Morgan fingerprint density at radius 2 is 0.821 bits per heavy atom. The topological polar surface area (TPSA) is 50.3 Å². The summed E-state index contributed by atoms with van der Waals surface area (Å²) in [6.07, 6.45) is -24.7. The van der Waals surface area contributed by atoms with Gasteiger partial charge in [-0.05, 0) is 0 Å². The Kier molecular flexibility index (Phi) is 6.17. The first kappa shape index (κ1) is 24.8. The Bertz CT molecular complexity index is 665. The number of imidazole rings is 1. The first-order valence-electron chi connectivity index (χ1n) is 6.53. The van der Waals surface area contributed by atoms with Gasteiger partial charge >= 0.3 is 153 Å². The Morgan fingerprint density at radius 3 is 1.00 bits per heavy atom. The van der Waals surface area contributed by atoms with Crippen molar-refractivity contribution < 1.29 is 78.5 Å². The van der Waals surface area contributed by atoms with Gasteiger partial charge in [-0.15, -0.1) is 0 Å².